The molecule has 11 heteroatoms. The Morgan fingerprint density at radius 1 is 1.18 bits per heavy atom. The van der Waals surface area contributed by atoms with Crippen LogP contribution in [0.4, 0.5) is 17.6 Å². The van der Waals surface area contributed by atoms with E-state index in [1.54, 1.807) is 26.0 Å². The Balaban J connectivity index is 1.54. The minimum atomic E-state index is -4.77. The average molecular weight is 480 g/mol. The highest BCUT2D eigenvalue weighted by Crippen LogP contribution is 2.35. The number of fused-ring (bicyclic) bond motifs is 1. The first kappa shape index (κ1) is 22.7. The molecule has 2 aromatic heterocycles. The molecule has 172 valence electrons. The van der Waals surface area contributed by atoms with Crippen molar-refractivity contribution in [3.05, 3.63) is 63.7 Å². The monoisotopic (exact) mass is 480 g/mol. The number of halogens is 4. The number of hydrogen-bond acceptors (Lipinski definition) is 6. The quantitative estimate of drug-likeness (QED) is 0.344. The van der Waals surface area contributed by atoms with Crippen LogP contribution in [-0.4, -0.2) is 21.0 Å². The van der Waals surface area contributed by atoms with E-state index >= 15 is 0 Å². The molecule has 0 aliphatic rings. The normalized spacial score (nSPS) is 11.8. The minimum absolute atomic E-state index is 0.0875. The average Bonchev–Trinajstić information content (AvgIpc) is 3.29. The van der Waals surface area contributed by atoms with Crippen molar-refractivity contribution in [3.8, 4) is 16.3 Å². The van der Waals surface area contributed by atoms with Crippen molar-refractivity contribution in [1.29, 1.82) is 0 Å². The van der Waals surface area contributed by atoms with E-state index in [1.807, 2.05) is 0 Å². The van der Waals surface area contributed by atoms with Gasteiger partial charge in [-0.05, 0) is 38.1 Å². The third-order valence-corrected chi connectivity index (χ3v) is 6.06. The molecule has 4 rings (SSSR count). The van der Waals surface area contributed by atoms with E-state index in [9.17, 15) is 22.4 Å². The summed E-state index contributed by atoms with van der Waals surface area (Å²) in [5, 5.41) is 9.28. The summed E-state index contributed by atoms with van der Waals surface area (Å²) in [6, 6.07) is 6.02. The molecule has 0 fully saturated rings. The summed E-state index contributed by atoms with van der Waals surface area (Å²) in [6.07, 6.45) is -5.10. The Hall–Kier alpha value is -3.47. The van der Waals surface area contributed by atoms with E-state index in [0.29, 0.717) is 39.2 Å². The number of nitrogens with zero attached hydrogens (tertiary/aromatic N) is 2. The van der Waals surface area contributed by atoms with Gasteiger partial charge < -0.3 is 14.3 Å². The van der Waals surface area contributed by atoms with Crippen LogP contribution in [0.5, 0.6) is 5.75 Å². The molecule has 0 radical (unpaired) electrons. The molecule has 2 aromatic carbocycles. The first-order valence-corrected chi connectivity index (χ1v) is 10.4. The van der Waals surface area contributed by atoms with Crippen molar-refractivity contribution in [2.45, 2.75) is 33.1 Å². The maximum Gasteiger partial charge on any atom is 0.419 e. The number of oxazole rings is 1. The molecule has 0 unspecified atom stereocenters. The van der Waals surface area contributed by atoms with Gasteiger partial charge in [-0.3, -0.25) is 4.79 Å². The van der Waals surface area contributed by atoms with Gasteiger partial charge in [-0.25, -0.2) is 14.4 Å². The predicted octanol–water partition coefficient (Wildman–Crippen LogP) is 5.93. The molecule has 0 bridgehead atoms. The number of carbonyl (C=O) groups is 1. The summed E-state index contributed by atoms with van der Waals surface area (Å²) >= 11 is 1.19. The first-order chi connectivity index (χ1) is 15.5. The lowest BCUT2D eigenvalue weighted by Crippen LogP contribution is -2.07. The summed E-state index contributed by atoms with van der Waals surface area (Å²) in [7, 11) is 0. The van der Waals surface area contributed by atoms with Gasteiger partial charge in [0.1, 0.15) is 35.1 Å². The molecule has 4 aromatic rings. The number of carboxylic acids is 1. The van der Waals surface area contributed by atoms with Crippen molar-refractivity contribution >= 4 is 28.4 Å². The van der Waals surface area contributed by atoms with Crippen LogP contribution in [0.25, 0.3) is 21.7 Å². The second-order valence-corrected chi connectivity index (χ2v) is 8.31. The van der Waals surface area contributed by atoms with Crippen LogP contribution in [0.15, 0.2) is 34.7 Å². The lowest BCUT2D eigenvalue weighted by atomic mass is 10.1. The zero-order valence-electron chi connectivity index (χ0n) is 17.3. The van der Waals surface area contributed by atoms with E-state index in [4.69, 9.17) is 14.3 Å². The first-order valence-electron chi connectivity index (χ1n) is 9.60. The molecular weight excluding hydrogens is 464 g/mol. The van der Waals surface area contributed by atoms with Crippen molar-refractivity contribution in [3.63, 3.8) is 0 Å². The maximum atomic E-state index is 13.9. The molecule has 1 N–H and O–H groups in total. The maximum absolute atomic E-state index is 13.9. The third-order valence-electron chi connectivity index (χ3n) is 4.88. The van der Waals surface area contributed by atoms with Gasteiger partial charge in [0.15, 0.2) is 5.58 Å². The molecule has 2 heterocycles. The molecule has 0 saturated heterocycles. The number of alkyl halides is 3. The standard InChI is InChI=1S/C22H16F4N2O4S/c1-10-15(5-6-16-20(10)28-18(32-16)8-19(29)30)31-9-17-11(2)27-21(33-17)12-3-4-13(14(23)7-12)22(24,25)26/h3-7H,8-9H2,1-2H3,(H,29,30). The highest BCUT2D eigenvalue weighted by atomic mass is 32.1. The van der Waals surface area contributed by atoms with Gasteiger partial charge in [0.25, 0.3) is 0 Å². The fraction of sp³-hybridized carbons (Fsp3) is 0.227. The molecule has 0 amide bonds. The molecule has 0 atom stereocenters. The second-order valence-electron chi connectivity index (χ2n) is 7.22. The number of carboxylic acid groups (broad SMARTS) is 1. The van der Waals surface area contributed by atoms with Gasteiger partial charge in [0.2, 0.25) is 5.89 Å². The zero-order chi connectivity index (χ0) is 23.9. The number of aromatic nitrogens is 2. The van der Waals surface area contributed by atoms with Crippen LogP contribution in [0.2, 0.25) is 0 Å². The lowest BCUT2D eigenvalue weighted by Gasteiger charge is -2.08. The summed E-state index contributed by atoms with van der Waals surface area (Å²) < 4.78 is 63.6. The molecule has 0 spiro atoms. The van der Waals surface area contributed by atoms with Crippen LogP contribution in [-0.2, 0) is 24.0 Å². The number of hydrogen-bond donors (Lipinski definition) is 1. The highest BCUT2D eigenvalue weighted by molar-refractivity contribution is 7.15. The molecule has 0 aliphatic carbocycles. The second kappa shape index (κ2) is 8.47. The van der Waals surface area contributed by atoms with Crippen molar-refractivity contribution in [2.75, 3.05) is 0 Å². The smallest absolute Gasteiger partial charge is 0.419 e. The Bertz CT molecular complexity index is 1360. The van der Waals surface area contributed by atoms with Gasteiger partial charge in [-0.15, -0.1) is 11.3 Å². The Morgan fingerprint density at radius 3 is 2.61 bits per heavy atom. The Kier molecular flexibility index (Phi) is 5.83. The van der Waals surface area contributed by atoms with Gasteiger partial charge in [-0.1, -0.05) is 6.07 Å². The molecule has 0 aliphatic heterocycles. The number of rotatable bonds is 6. The van der Waals surface area contributed by atoms with E-state index in [-0.39, 0.29) is 24.5 Å². The van der Waals surface area contributed by atoms with Gasteiger partial charge in [0, 0.05) is 11.1 Å². The van der Waals surface area contributed by atoms with Gasteiger partial charge in [0.05, 0.1) is 16.1 Å². The third kappa shape index (κ3) is 4.68. The van der Waals surface area contributed by atoms with Gasteiger partial charge in [-0.2, -0.15) is 13.2 Å². The van der Waals surface area contributed by atoms with Gasteiger partial charge >= 0.3 is 12.1 Å². The summed E-state index contributed by atoms with van der Waals surface area (Å²) in [5.41, 5.74) is 1.13. The lowest BCUT2D eigenvalue weighted by molar-refractivity contribution is -0.140. The van der Waals surface area contributed by atoms with Crippen molar-refractivity contribution < 1.29 is 36.6 Å². The van der Waals surface area contributed by atoms with Crippen LogP contribution >= 0.6 is 11.3 Å². The Morgan fingerprint density at radius 2 is 1.94 bits per heavy atom. The van der Waals surface area contributed by atoms with Crippen LogP contribution in [0, 0.1) is 19.7 Å². The summed E-state index contributed by atoms with van der Waals surface area (Å²) in [5.74, 6) is -1.82. The number of benzene rings is 2. The Labute approximate surface area is 188 Å². The fourth-order valence-electron chi connectivity index (χ4n) is 3.22. The molecular formula is C22H16F4N2O4S. The van der Waals surface area contributed by atoms with E-state index in [2.05, 4.69) is 9.97 Å². The predicted molar refractivity (Wildman–Crippen MR) is 112 cm³/mol. The summed E-state index contributed by atoms with van der Waals surface area (Å²) in [6.45, 7) is 3.62. The van der Waals surface area contributed by atoms with E-state index in [1.165, 1.54) is 17.4 Å². The van der Waals surface area contributed by atoms with Crippen molar-refractivity contribution in [2.24, 2.45) is 0 Å². The summed E-state index contributed by atoms with van der Waals surface area (Å²) in [4.78, 5) is 20.1. The minimum Gasteiger partial charge on any atom is -0.488 e. The van der Waals surface area contributed by atoms with E-state index in [0.717, 1.165) is 10.9 Å². The molecule has 0 saturated carbocycles. The number of aryl methyl sites for hydroxylation is 2. The number of ether oxygens (including phenoxy) is 1. The molecule has 6 nitrogen and oxygen atoms in total. The number of aliphatic carboxylic acids is 1. The topological polar surface area (TPSA) is 85.5 Å². The SMILES string of the molecule is Cc1nc(-c2ccc(C(F)(F)F)c(F)c2)sc1COc1ccc2oc(CC(=O)O)nc2c1C. The van der Waals surface area contributed by atoms with Crippen molar-refractivity contribution in [1.82, 2.24) is 9.97 Å². The fourth-order valence-corrected chi connectivity index (χ4v) is 4.19. The highest BCUT2D eigenvalue weighted by Gasteiger charge is 2.34. The largest absolute Gasteiger partial charge is 0.488 e. The zero-order valence-corrected chi connectivity index (χ0v) is 18.1. The van der Waals surface area contributed by atoms with Crippen LogP contribution < -0.4 is 4.74 Å². The molecule has 33 heavy (non-hydrogen) atoms. The van der Waals surface area contributed by atoms with Crippen LogP contribution in [0.3, 0.4) is 0 Å². The van der Waals surface area contributed by atoms with Crippen LogP contribution in [0.1, 0.15) is 27.6 Å². The van der Waals surface area contributed by atoms with E-state index < -0.39 is 23.5 Å². The number of thiazole rings is 1.